The molecule has 2 aromatic rings. The molecule has 2 N–H and O–H groups in total. The highest BCUT2D eigenvalue weighted by Gasteiger charge is 2.36. The third-order valence-electron chi connectivity index (χ3n) is 6.86. The monoisotopic (exact) mass is 536 g/mol. The number of guanidine groups is 1. The largest absolute Gasteiger partial charge is 0.354 e. The summed E-state index contributed by atoms with van der Waals surface area (Å²) in [6.45, 7) is 5.25. The average Bonchev–Trinajstić information content (AvgIpc) is 3.51. The molecule has 170 valence electrons. The van der Waals surface area contributed by atoms with Crippen LogP contribution in [-0.4, -0.2) is 52.9 Å². The minimum atomic E-state index is 0. The highest BCUT2D eigenvalue weighted by Crippen LogP contribution is 2.32. The van der Waals surface area contributed by atoms with Crippen LogP contribution in [0.1, 0.15) is 62.1 Å². The molecule has 1 saturated heterocycles. The normalized spacial score (nSPS) is 21.7. The topological polar surface area (TPSA) is 57.5 Å². The fourth-order valence-electron chi connectivity index (χ4n) is 5.16. The summed E-state index contributed by atoms with van der Waals surface area (Å²) in [7, 11) is 3.89. The number of aromatic nitrogens is 2. The van der Waals surface area contributed by atoms with E-state index < -0.39 is 0 Å². The van der Waals surface area contributed by atoms with E-state index in [1.54, 1.807) is 0 Å². The number of rotatable bonds is 6. The van der Waals surface area contributed by atoms with Crippen molar-refractivity contribution in [2.24, 2.45) is 12.0 Å². The third-order valence-corrected chi connectivity index (χ3v) is 6.86. The summed E-state index contributed by atoms with van der Waals surface area (Å²) in [5.74, 6) is 1.57. The molecule has 2 aliphatic rings. The van der Waals surface area contributed by atoms with Crippen LogP contribution in [0.2, 0.25) is 0 Å². The van der Waals surface area contributed by atoms with Gasteiger partial charge in [0.15, 0.2) is 5.96 Å². The second-order valence-corrected chi connectivity index (χ2v) is 9.04. The van der Waals surface area contributed by atoms with E-state index in [0.29, 0.717) is 12.0 Å². The van der Waals surface area contributed by atoms with Crippen LogP contribution >= 0.6 is 24.0 Å². The van der Waals surface area contributed by atoms with Gasteiger partial charge in [0.05, 0.1) is 6.20 Å². The lowest BCUT2D eigenvalue weighted by Crippen LogP contribution is -2.54. The van der Waals surface area contributed by atoms with E-state index in [1.807, 2.05) is 25.0 Å². The van der Waals surface area contributed by atoms with Crippen molar-refractivity contribution in [3.63, 3.8) is 0 Å². The summed E-state index contributed by atoms with van der Waals surface area (Å²) in [6, 6.07) is 11.1. The van der Waals surface area contributed by atoms with Gasteiger partial charge < -0.3 is 15.5 Å². The Morgan fingerprint density at radius 1 is 1.26 bits per heavy atom. The van der Waals surface area contributed by atoms with Crippen molar-refractivity contribution in [2.75, 3.05) is 26.7 Å². The maximum atomic E-state index is 4.62. The molecule has 0 bridgehead atoms. The Balaban J connectivity index is 0.00000272. The fourth-order valence-corrected chi connectivity index (χ4v) is 5.16. The van der Waals surface area contributed by atoms with Gasteiger partial charge in [-0.15, -0.1) is 24.0 Å². The van der Waals surface area contributed by atoms with Gasteiger partial charge >= 0.3 is 0 Å². The number of hydrogen-bond donors (Lipinski definition) is 2. The van der Waals surface area contributed by atoms with Crippen LogP contribution in [-0.2, 0) is 7.05 Å². The zero-order valence-corrected chi connectivity index (χ0v) is 21.4. The van der Waals surface area contributed by atoms with E-state index in [0.717, 1.165) is 32.0 Å². The summed E-state index contributed by atoms with van der Waals surface area (Å²) >= 11 is 0. The van der Waals surface area contributed by atoms with Crippen molar-refractivity contribution in [1.29, 1.82) is 0 Å². The Morgan fingerprint density at radius 2 is 2.00 bits per heavy atom. The van der Waals surface area contributed by atoms with Crippen LogP contribution in [0, 0.1) is 0 Å². The van der Waals surface area contributed by atoms with Gasteiger partial charge in [-0.25, -0.2) is 0 Å². The maximum Gasteiger partial charge on any atom is 0.193 e. The van der Waals surface area contributed by atoms with Crippen LogP contribution < -0.4 is 10.6 Å². The van der Waals surface area contributed by atoms with E-state index >= 15 is 0 Å². The molecule has 2 fully saturated rings. The van der Waals surface area contributed by atoms with Crippen molar-refractivity contribution in [3.8, 4) is 0 Å². The third kappa shape index (κ3) is 5.80. The second kappa shape index (κ2) is 10.8. The Kier molecular flexibility index (Phi) is 8.38. The lowest BCUT2D eigenvalue weighted by atomic mass is 9.94. The van der Waals surface area contributed by atoms with Crippen molar-refractivity contribution < 1.29 is 0 Å². The molecular weight excluding hydrogens is 499 g/mol. The molecule has 7 heteroatoms. The molecule has 0 spiro atoms. The molecule has 0 amide bonds. The maximum absolute atomic E-state index is 4.62. The number of halogens is 1. The summed E-state index contributed by atoms with van der Waals surface area (Å²) in [4.78, 5) is 7.02. The predicted molar refractivity (Wildman–Crippen MR) is 138 cm³/mol. The fraction of sp³-hybridized carbons (Fsp3) is 0.583. The minimum Gasteiger partial charge on any atom is -0.354 e. The van der Waals surface area contributed by atoms with E-state index in [-0.39, 0.29) is 29.5 Å². The first-order valence-electron chi connectivity index (χ1n) is 11.4. The van der Waals surface area contributed by atoms with E-state index in [9.17, 15) is 0 Å². The molecule has 31 heavy (non-hydrogen) atoms. The Labute approximate surface area is 203 Å². The smallest absolute Gasteiger partial charge is 0.193 e. The van der Waals surface area contributed by atoms with Crippen LogP contribution in [0.4, 0.5) is 0 Å². The second-order valence-electron chi connectivity index (χ2n) is 9.04. The van der Waals surface area contributed by atoms with Gasteiger partial charge in [0.1, 0.15) is 0 Å². The van der Waals surface area contributed by atoms with Crippen LogP contribution in [0.15, 0.2) is 47.7 Å². The summed E-state index contributed by atoms with van der Waals surface area (Å²) in [5, 5.41) is 12.0. The van der Waals surface area contributed by atoms with Crippen LogP contribution in [0.3, 0.4) is 0 Å². The van der Waals surface area contributed by atoms with E-state index in [4.69, 9.17) is 0 Å². The van der Waals surface area contributed by atoms with Crippen molar-refractivity contribution in [2.45, 2.75) is 56.5 Å². The number of aliphatic imine (C=N–C) groups is 1. The van der Waals surface area contributed by atoms with Gasteiger partial charge in [-0.05, 0) is 37.3 Å². The first kappa shape index (κ1) is 24.0. The molecule has 2 unspecified atom stereocenters. The lowest BCUT2D eigenvalue weighted by molar-refractivity contribution is 0.293. The number of aryl methyl sites for hydroxylation is 1. The van der Waals surface area contributed by atoms with Crippen molar-refractivity contribution in [1.82, 2.24) is 25.3 Å². The predicted octanol–water partition coefficient (Wildman–Crippen LogP) is 4.07. The molecule has 1 aromatic heterocycles. The number of likely N-dealkylation sites (tertiary alicyclic amines) is 1. The quantitative estimate of drug-likeness (QED) is 0.332. The van der Waals surface area contributed by atoms with E-state index in [1.165, 1.54) is 36.8 Å². The van der Waals surface area contributed by atoms with Gasteiger partial charge in [0.25, 0.3) is 0 Å². The Bertz CT molecular complexity index is 843. The molecule has 1 aromatic carbocycles. The highest BCUT2D eigenvalue weighted by atomic mass is 127. The molecule has 1 aliphatic heterocycles. The zero-order valence-electron chi connectivity index (χ0n) is 19.1. The van der Waals surface area contributed by atoms with Gasteiger partial charge in [0.2, 0.25) is 0 Å². The summed E-state index contributed by atoms with van der Waals surface area (Å²) in [6.07, 6.45) is 10.3. The van der Waals surface area contributed by atoms with Crippen LogP contribution in [0.5, 0.6) is 0 Å². The molecule has 4 rings (SSSR count). The number of nitrogens with one attached hydrogen (secondary N) is 2. The zero-order chi connectivity index (χ0) is 21.0. The molecule has 0 radical (unpaired) electrons. The van der Waals surface area contributed by atoms with Crippen LogP contribution in [0.25, 0.3) is 0 Å². The summed E-state index contributed by atoms with van der Waals surface area (Å²) < 4.78 is 1.90. The molecule has 2 atom stereocenters. The van der Waals surface area contributed by atoms with Crippen molar-refractivity contribution in [3.05, 3.63) is 53.9 Å². The average molecular weight is 537 g/mol. The number of nitrogens with zero attached hydrogens (tertiary/aromatic N) is 4. The first-order chi connectivity index (χ1) is 14.6. The highest BCUT2D eigenvalue weighted by molar-refractivity contribution is 14.0. The lowest BCUT2D eigenvalue weighted by Gasteiger charge is -2.35. The van der Waals surface area contributed by atoms with Crippen molar-refractivity contribution >= 4 is 29.9 Å². The Morgan fingerprint density at radius 3 is 2.65 bits per heavy atom. The molecule has 1 saturated carbocycles. The van der Waals surface area contributed by atoms with Gasteiger partial charge in [-0.1, -0.05) is 43.2 Å². The number of benzene rings is 1. The SMILES string of the molecule is CN=C(NCC1(NC(C)c2ccccc2)CCCC1)N1CCC(c2cnn(C)c2)C1.I. The van der Waals surface area contributed by atoms with Gasteiger partial charge in [-0.3, -0.25) is 9.67 Å². The van der Waals surface area contributed by atoms with Gasteiger partial charge in [0, 0.05) is 57.4 Å². The molecule has 6 nitrogen and oxygen atoms in total. The van der Waals surface area contributed by atoms with Gasteiger partial charge in [-0.2, -0.15) is 5.10 Å². The summed E-state index contributed by atoms with van der Waals surface area (Å²) in [5.41, 5.74) is 2.82. The standard InChI is InChI=1S/C24H36N6.HI/c1-19(20-9-5-4-6-10-20)28-24(12-7-8-13-24)18-26-23(25-2)30-14-11-21(17-30)22-15-27-29(3)16-22;/h4-6,9-10,15-16,19,21,28H,7-8,11-14,17-18H2,1-3H3,(H,25,26);1H. The Hall–Kier alpha value is -1.61. The first-order valence-corrected chi connectivity index (χ1v) is 11.4. The minimum absolute atomic E-state index is 0. The molecular formula is C24H37IN6. The molecule has 2 heterocycles. The van der Waals surface area contributed by atoms with E-state index in [2.05, 4.69) is 69.1 Å². The molecule has 1 aliphatic carbocycles. The number of hydrogen-bond acceptors (Lipinski definition) is 3.